The van der Waals surface area contributed by atoms with Gasteiger partial charge < -0.3 is 9.64 Å². The fraction of sp³-hybridized carbons (Fsp3) is 0.385. The normalized spacial score (nSPS) is 17.7. The molecule has 1 atom stereocenters. The number of nitrogens with zero attached hydrogens (tertiary/aromatic N) is 7. The van der Waals surface area contributed by atoms with Gasteiger partial charge in [0, 0.05) is 37.3 Å². The quantitative estimate of drug-likeness (QED) is 0.387. The van der Waals surface area contributed by atoms with Crippen LogP contribution in [-0.2, 0) is 4.74 Å². The molecule has 1 aliphatic rings. The van der Waals surface area contributed by atoms with Crippen molar-refractivity contribution in [3.63, 3.8) is 0 Å². The van der Waals surface area contributed by atoms with Gasteiger partial charge in [-0.15, -0.1) is 0 Å². The Morgan fingerprint density at radius 3 is 2.68 bits per heavy atom. The Bertz CT molecular complexity index is 1460. The van der Waals surface area contributed by atoms with E-state index in [4.69, 9.17) is 4.74 Å². The monoisotopic (exact) mass is 507 g/mol. The largest absolute Gasteiger partial charge is 0.444 e. The summed E-state index contributed by atoms with van der Waals surface area (Å²) in [5, 5.41) is 5.19. The van der Waals surface area contributed by atoms with E-state index in [-0.39, 0.29) is 18.8 Å². The number of halogens is 2. The highest BCUT2D eigenvalue weighted by atomic mass is 19.3. The molecule has 1 aliphatic heterocycles. The molecule has 0 spiro atoms. The lowest BCUT2D eigenvalue weighted by atomic mass is 9.90. The summed E-state index contributed by atoms with van der Waals surface area (Å²) in [5.41, 5.74) is 2.14. The number of aryl methyl sites for hydroxylation is 1. The molecule has 4 aromatic heterocycles. The van der Waals surface area contributed by atoms with Gasteiger partial charge in [-0.3, -0.25) is 9.97 Å². The van der Waals surface area contributed by atoms with Gasteiger partial charge in [0.1, 0.15) is 11.3 Å². The molecule has 0 aliphatic carbocycles. The molecule has 1 fully saturated rings. The maximum Gasteiger partial charge on any atom is 0.410 e. The van der Waals surface area contributed by atoms with Crippen molar-refractivity contribution in [1.82, 2.24) is 34.6 Å². The number of likely N-dealkylation sites (tertiary alicyclic amines) is 1. The van der Waals surface area contributed by atoms with E-state index in [1.165, 1.54) is 4.90 Å². The van der Waals surface area contributed by atoms with Gasteiger partial charge in [0.05, 0.1) is 40.9 Å². The second-order valence-electron chi connectivity index (χ2n) is 10.1. The van der Waals surface area contributed by atoms with Crippen LogP contribution in [0.15, 0.2) is 49.1 Å². The van der Waals surface area contributed by atoms with Crippen LogP contribution >= 0.6 is 0 Å². The van der Waals surface area contributed by atoms with Crippen molar-refractivity contribution in [3.8, 4) is 17.2 Å². The summed E-state index contributed by atoms with van der Waals surface area (Å²) in [6.45, 7) is 6.80. The van der Waals surface area contributed by atoms with E-state index in [0.29, 0.717) is 22.7 Å². The number of carbonyl (C=O) groups is 1. The molecule has 0 N–H and O–H groups in total. The number of hydrogen-bond donors (Lipinski definition) is 0. The first-order chi connectivity index (χ1) is 17.5. The van der Waals surface area contributed by atoms with E-state index in [1.54, 1.807) is 68.4 Å². The zero-order valence-corrected chi connectivity index (χ0v) is 21.0. The lowest BCUT2D eigenvalue weighted by Crippen LogP contribution is -2.49. The van der Waals surface area contributed by atoms with Gasteiger partial charge in [-0.25, -0.2) is 28.2 Å². The van der Waals surface area contributed by atoms with E-state index < -0.39 is 30.0 Å². The molecule has 0 saturated carbocycles. The average Bonchev–Trinajstić information content (AvgIpc) is 3.26. The topological polar surface area (TPSA) is 98.9 Å². The third kappa shape index (κ3) is 5.11. The Balaban J connectivity index is 1.48. The van der Waals surface area contributed by atoms with E-state index in [9.17, 15) is 4.79 Å². The van der Waals surface area contributed by atoms with E-state index in [2.05, 4.69) is 25.0 Å². The van der Waals surface area contributed by atoms with E-state index in [1.807, 2.05) is 13.0 Å². The minimum atomic E-state index is -3.03. The zero-order chi connectivity index (χ0) is 26.4. The van der Waals surface area contributed by atoms with Gasteiger partial charge in [0.25, 0.3) is 5.92 Å². The van der Waals surface area contributed by atoms with Crippen LogP contribution in [-0.4, -0.2) is 65.3 Å². The molecule has 1 saturated heterocycles. The van der Waals surface area contributed by atoms with Gasteiger partial charge in [0.2, 0.25) is 0 Å². The summed E-state index contributed by atoms with van der Waals surface area (Å²) in [6.07, 6.45) is 5.52. The van der Waals surface area contributed by atoms with Crippen molar-refractivity contribution in [2.45, 2.75) is 51.6 Å². The van der Waals surface area contributed by atoms with Crippen LogP contribution < -0.4 is 0 Å². The minimum Gasteiger partial charge on any atom is -0.444 e. The average molecular weight is 508 g/mol. The maximum absolute atomic E-state index is 15.1. The number of alkyl halides is 2. The van der Waals surface area contributed by atoms with Crippen molar-refractivity contribution >= 4 is 17.0 Å². The van der Waals surface area contributed by atoms with Gasteiger partial charge in [0.15, 0.2) is 5.82 Å². The van der Waals surface area contributed by atoms with Crippen molar-refractivity contribution in [3.05, 3.63) is 60.4 Å². The molecule has 0 bridgehead atoms. The molecule has 37 heavy (non-hydrogen) atoms. The summed E-state index contributed by atoms with van der Waals surface area (Å²) >= 11 is 0. The second kappa shape index (κ2) is 9.13. The van der Waals surface area contributed by atoms with Gasteiger partial charge in [-0.05, 0) is 45.9 Å². The predicted molar refractivity (Wildman–Crippen MR) is 133 cm³/mol. The summed E-state index contributed by atoms with van der Waals surface area (Å²) < 4.78 is 37.1. The summed E-state index contributed by atoms with van der Waals surface area (Å²) in [4.78, 5) is 31.6. The predicted octanol–water partition coefficient (Wildman–Crippen LogP) is 4.94. The first-order valence-electron chi connectivity index (χ1n) is 12.0. The number of pyridine rings is 2. The molecular formula is C26H27F2N7O2. The molecule has 0 radical (unpaired) electrons. The van der Waals surface area contributed by atoms with Crippen LogP contribution in [0.4, 0.5) is 13.6 Å². The summed E-state index contributed by atoms with van der Waals surface area (Å²) in [5.74, 6) is -3.93. The van der Waals surface area contributed by atoms with Gasteiger partial charge >= 0.3 is 6.09 Å². The number of fused-ring (bicyclic) bond motifs is 1. The van der Waals surface area contributed by atoms with Crippen LogP contribution in [0.3, 0.4) is 0 Å². The first-order valence-corrected chi connectivity index (χ1v) is 12.0. The van der Waals surface area contributed by atoms with Crippen LogP contribution in [0.25, 0.3) is 28.1 Å². The Morgan fingerprint density at radius 1 is 1.11 bits per heavy atom. The summed E-state index contributed by atoms with van der Waals surface area (Å²) in [7, 11) is 0. The number of ether oxygens (including phenoxy) is 1. The van der Waals surface area contributed by atoms with Gasteiger partial charge in [-0.1, -0.05) is 6.07 Å². The number of rotatable bonds is 3. The van der Waals surface area contributed by atoms with Crippen molar-refractivity contribution in [1.29, 1.82) is 0 Å². The molecule has 1 amide bonds. The molecule has 1 unspecified atom stereocenters. The third-order valence-electron chi connectivity index (χ3n) is 6.08. The lowest BCUT2D eigenvalue weighted by molar-refractivity contribution is -0.0780. The number of carbonyl (C=O) groups excluding carboxylic acids is 1. The molecular weight excluding hydrogens is 480 g/mol. The molecule has 192 valence electrons. The van der Waals surface area contributed by atoms with Gasteiger partial charge in [-0.2, -0.15) is 5.10 Å². The zero-order valence-electron chi connectivity index (χ0n) is 21.0. The van der Waals surface area contributed by atoms with Crippen molar-refractivity contribution in [2.24, 2.45) is 0 Å². The lowest BCUT2D eigenvalue weighted by Gasteiger charge is -2.38. The standard InChI is InChI=1S/C26H27F2N7O2/c1-16-11-29-14-21(32-16)20-10-22-17(12-30-20)13-31-35(22)23-7-5-6-19(33-23)18-15-34(9-8-26(18,27)28)24(36)37-25(2,3)4/h5-7,10-14,18H,8-9,15H2,1-4H3. The third-order valence-corrected chi connectivity index (χ3v) is 6.08. The Kier molecular flexibility index (Phi) is 6.09. The molecule has 11 heteroatoms. The number of aromatic nitrogens is 6. The second-order valence-corrected chi connectivity index (χ2v) is 10.1. The summed E-state index contributed by atoms with van der Waals surface area (Å²) in [6, 6.07) is 6.75. The fourth-order valence-corrected chi connectivity index (χ4v) is 4.29. The number of hydrogen-bond acceptors (Lipinski definition) is 7. The first kappa shape index (κ1) is 24.7. The molecule has 9 nitrogen and oxygen atoms in total. The van der Waals surface area contributed by atoms with E-state index >= 15 is 8.78 Å². The highest BCUT2D eigenvalue weighted by Gasteiger charge is 2.47. The highest BCUT2D eigenvalue weighted by molar-refractivity contribution is 5.82. The Hall–Kier alpha value is -4.02. The Morgan fingerprint density at radius 2 is 1.92 bits per heavy atom. The van der Waals surface area contributed by atoms with Crippen LogP contribution in [0, 0.1) is 6.92 Å². The number of piperidine rings is 1. The van der Waals surface area contributed by atoms with Crippen LogP contribution in [0.5, 0.6) is 0 Å². The molecule has 0 aromatic carbocycles. The molecule has 4 aromatic rings. The Labute approximate surface area is 212 Å². The molecule has 5 heterocycles. The minimum absolute atomic E-state index is 0.0838. The fourth-order valence-electron chi connectivity index (χ4n) is 4.29. The number of amides is 1. The van der Waals surface area contributed by atoms with Crippen LogP contribution in [0.1, 0.15) is 44.5 Å². The van der Waals surface area contributed by atoms with E-state index in [0.717, 1.165) is 11.1 Å². The highest BCUT2D eigenvalue weighted by Crippen LogP contribution is 2.40. The smallest absolute Gasteiger partial charge is 0.410 e. The van der Waals surface area contributed by atoms with Crippen molar-refractivity contribution < 1.29 is 18.3 Å². The SMILES string of the molecule is Cc1cncc(-c2cc3c(cn2)cnn3-c2cccc(C3CN(C(=O)OC(C)(C)C)CCC3(F)F)n2)n1. The van der Waals surface area contributed by atoms with Crippen molar-refractivity contribution in [2.75, 3.05) is 13.1 Å². The maximum atomic E-state index is 15.1. The molecule has 5 rings (SSSR count). The van der Waals surface area contributed by atoms with Crippen LogP contribution in [0.2, 0.25) is 0 Å².